The number of nitriles is 1. The van der Waals surface area contributed by atoms with E-state index in [0.29, 0.717) is 11.3 Å². The third-order valence-corrected chi connectivity index (χ3v) is 5.94. The molecule has 1 atom stereocenters. The molecular weight excluding hydrogens is 352 g/mol. The maximum atomic E-state index is 9.48. The van der Waals surface area contributed by atoms with Gasteiger partial charge < -0.3 is 10.5 Å². The largest absolute Gasteiger partial charge is 0.490 e. The molecule has 27 heavy (non-hydrogen) atoms. The fourth-order valence-electron chi connectivity index (χ4n) is 3.70. The van der Waals surface area contributed by atoms with Crippen molar-refractivity contribution < 1.29 is 4.74 Å². The first-order chi connectivity index (χ1) is 13.1. The van der Waals surface area contributed by atoms with Gasteiger partial charge in [-0.15, -0.1) is 11.3 Å². The molecule has 0 fully saturated rings. The average Bonchev–Trinajstić information content (AvgIpc) is 3.29. The third kappa shape index (κ3) is 3.37. The zero-order valence-electron chi connectivity index (χ0n) is 15.5. The molecule has 136 valence electrons. The smallest absolute Gasteiger partial charge is 0.137 e. The first-order valence-electron chi connectivity index (χ1n) is 9.24. The molecule has 0 saturated heterocycles. The predicted octanol–water partition coefficient (Wildman–Crippen LogP) is 5.69. The van der Waals surface area contributed by atoms with Gasteiger partial charge in [-0.25, -0.2) is 0 Å². The Bertz CT molecular complexity index is 1030. The second-order valence-corrected chi connectivity index (χ2v) is 8.12. The fraction of sp³-hybridized carbons (Fsp3) is 0.261. The third-order valence-electron chi connectivity index (χ3n) is 4.98. The Hall–Kier alpha value is -2.61. The number of ether oxygens (including phenoxy) is 1. The lowest BCUT2D eigenvalue weighted by molar-refractivity contribution is 0.242. The van der Waals surface area contributed by atoms with Crippen LogP contribution in [0, 0.1) is 11.3 Å². The normalized spacial score (nSPS) is 15.6. The molecule has 1 aliphatic carbocycles. The zero-order chi connectivity index (χ0) is 19.0. The molecule has 0 bridgehead atoms. The molecule has 0 amide bonds. The number of rotatable bonds is 4. The van der Waals surface area contributed by atoms with Gasteiger partial charge in [-0.05, 0) is 78.1 Å². The van der Waals surface area contributed by atoms with E-state index in [-0.39, 0.29) is 12.1 Å². The van der Waals surface area contributed by atoms with Gasteiger partial charge in [0, 0.05) is 10.9 Å². The second kappa shape index (κ2) is 7.19. The molecule has 4 heteroatoms. The van der Waals surface area contributed by atoms with E-state index >= 15 is 0 Å². The summed E-state index contributed by atoms with van der Waals surface area (Å²) in [5.41, 5.74) is 12.9. The van der Waals surface area contributed by atoms with Crippen LogP contribution in [0.3, 0.4) is 0 Å². The highest BCUT2D eigenvalue weighted by Gasteiger charge is 2.22. The number of hydrogen-bond acceptors (Lipinski definition) is 4. The fourth-order valence-corrected chi connectivity index (χ4v) is 4.67. The van der Waals surface area contributed by atoms with Crippen molar-refractivity contribution in [2.24, 2.45) is 5.73 Å². The van der Waals surface area contributed by atoms with Crippen LogP contribution in [-0.4, -0.2) is 6.10 Å². The van der Waals surface area contributed by atoms with Gasteiger partial charge in [-0.3, -0.25) is 0 Å². The molecule has 0 unspecified atom stereocenters. The molecule has 0 spiro atoms. The first kappa shape index (κ1) is 17.8. The minimum Gasteiger partial charge on any atom is -0.490 e. The van der Waals surface area contributed by atoms with Crippen LogP contribution in [-0.2, 0) is 6.42 Å². The number of benzene rings is 2. The summed E-state index contributed by atoms with van der Waals surface area (Å²) in [4.78, 5) is 1.25. The van der Waals surface area contributed by atoms with E-state index in [2.05, 4.69) is 35.7 Å². The monoisotopic (exact) mass is 374 g/mol. The molecular formula is C23H22N2OS. The van der Waals surface area contributed by atoms with Gasteiger partial charge in [-0.2, -0.15) is 5.26 Å². The standard InChI is InChI=1S/C23H22N2OS/c1-14(2)26-22-9-6-15(10-16(22)12-24)17-11-23(27-13-17)20-5-3-4-19-18(20)7-8-21(19)25/h3-6,9-11,13-14,21H,7-8,25H2,1-2H3/t21-/m0/s1. The maximum absolute atomic E-state index is 9.48. The molecule has 2 aromatic carbocycles. The van der Waals surface area contributed by atoms with Crippen LogP contribution in [0.1, 0.15) is 43.0 Å². The van der Waals surface area contributed by atoms with E-state index in [9.17, 15) is 5.26 Å². The number of fused-ring (bicyclic) bond motifs is 1. The minimum atomic E-state index is 0.0437. The summed E-state index contributed by atoms with van der Waals surface area (Å²) in [6.45, 7) is 3.93. The van der Waals surface area contributed by atoms with Crippen LogP contribution in [0.5, 0.6) is 5.75 Å². The molecule has 0 radical (unpaired) electrons. The zero-order valence-corrected chi connectivity index (χ0v) is 16.3. The highest BCUT2D eigenvalue weighted by molar-refractivity contribution is 7.14. The molecule has 3 aromatic rings. The maximum Gasteiger partial charge on any atom is 0.137 e. The van der Waals surface area contributed by atoms with Crippen LogP contribution in [0.25, 0.3) is 21.6 Å². The van der Waals surface area contributed by atoms with Gasteiger partial charge in [0.05, 0.1) is 11.7 Å². The summed E-state index contributed by atoms with van der Waals surface area (Å²) in [6, 6.07) is 16.9. The average molecular weight is 375 g/mol. The lowest BCUT2D eigenvalue weighted by atomic mass is 9.99. The highest BCUT2D eigenvalue weighted by atomic mass is 32.1. The summed E-state index contributed by atoms with van der Waals surface area (Å²) < 4.78 is 5.73. The van der Waals surface area contributed by atoms with Gasteiger partial charge >= 0.3 is 0 Å². The van der Waals surface area contributed by atoms with E-state index in [1.165, 1.54) is 21.6 Å². The van der Waals surface area contributed by atoms with Gasteiger partial charge in [0.15, 0.2) is 0 Å². The summed E-state index contributed by atoms with van der Waals surface area (Å²) in [5.74, 6) is 0.640. The molecule has 2 N–H and O–H groups in total. The van der Waals surface area contributed by atoms with Gasteiger partial charge in [0.1, 0.15) is 11.8 Å². The molecule has 1 aromatic heterocycles. The van der Waals surface area contributed by atoms with Crippen molar-refractivity contribution in [2.45, 2.75) is 38.8 Å². The van der Waals surface area contributed by atoms with E-state index in [1.54, 1.807) is 11.3 Å². The Morgan fingerprint density at radius 3 is 2.81 bits per heavy atom. The number of nitrogens with two attached hydrogens (primary N) is 1. The van der Waals surface area contributed by atoms with Gasteiger partial charge in [-0.1, -0.05) is 24.3 Å². The summed E-state index contributed by atoms with van der Waals surface area (Å²) in [5, 5.41) is 11.6. The molecule has 1 aliphatic rings. The van der Waals surface area contributed by atoms with E-state index < -0.39 is 0 Å². The van der Waals surface area contributed by atoms with Crippen molar-refractivity contribution in [1.82, 2.24) is 0 Å². The van der Waals surface area contributed by atoms with Crippen molar-refractivity contribution in [2.75, 3.05) is 0 Å². The quantitative estimate of drug-likeness (QED) is 0.638. The van der Waals surface area contributed by atoms with Crippen molar-refractivity contribution in [1.29, 1.82) is 5.26 Å². The van der Waals surface area contributed by atoms with Crippen molar-refractivity contribution in [3.63, 3.8) is 0 Å². The van der Waals surface area contributed by atoms with Crippen LogP contribution < -0.4 is 10.5 Å². The molecule has 3 nitrogen and oxygen atoms in total. The Labute approximate surface area is 164 Å². The summed E-state index contributed by atoms with van der Waals surface area (Å²) in [6.07, 6.45) is 2.11. The first-order valence-corrected chi connectivity index (χ1v) is 10.1. The predicted molar refractivity (Wildman–Crippen MR) is 111 cm³/mol. The van der Waals surface area contributed by atoms with Crippen LogP contribution in [0.2, 0.25) is 0 Å². The summed E-state index contributed by atoms with van der Waals surface area (Å²) in [7, 11) is 0. The lowest BCUT2D eigenvalue weighted by Crippen LogP contribution is -2.06. The molecule has 4 rings (SSSR count). The van der Waals surface area contributed by atoms with Crippen LogP contribution in [0.15, 0.2) is 47.8 Å². The van der Waals surface area contributed by atoms with E-state index in [1.807, 2.05) is 32.0 Å². The Kier molecular flexibility index (Phi) is 4.73. The number of hydrogen-bond donors (Lipinski definition) is 1. The summed E-state index contributed by atoms with van der Waals surface area (Å²) >= 11 is 1.74. The Morgan fingerprint density at radius 1 is 1.19 bits per heavy atom. The van der Waals surface area contributed by atoms with E-state index in [4.69, 9.17) is 10.5 Å². The second-order valence-electron chi connectivity index (χ2n) is 7.21. The molecule has 0 saturated carbocycles. The van der Waals surface area contributed by atoms with Crippen molar-refractivity contribution in [3.05, 3.63) is 64.5 Å². The van der Waals surface area contributed by atoms with Crippen LogP contribution in [0.4, 0.5) is 0 Å². The Morgan fingerprint density at radius 2 is 2.04 bits per heavy atom. The van der Waals surface area contributed by atoms with Crippen LogP contribution >= 0.6 is 11.3 Å². The van der Waals surface area contributed by atoms with Gasteiger partial charge in [0.25, 0.3) is 0 Å². The van der Waals surface area contributed by atoms with E-state index in [0.717, 1.165) is 24.0 Å². The lowest BCUT2D eigenvalue weighted by Gasteiger charge is -2.11. The SMILES string of the molecule is CC(C)Oc1ccc(-c2csc(-c3cccc4c3CC[C@@H]4N)c2)cc1C#N. The Balaban J connectivity index is 1.69. The number of thiophene rings is 1. The van der Waals surface area contributed by atoms with Crippen molar-refractivity contribution in [3.8, 4) is 33.4 Å². The number of nitrogens with zero attached hydrogens (tertiary/aromatic N) is 1. The highest BCUT2D eigenvalue weighted by Crippen LogP contribution is 2.40. The van der Waals surface area contributed by atoms with Gasteiger partial charge in [0.2, 0.25) is 0 Å². The molecule has 0 aliphatic heterocycles. The van der Waals surface area contributed by atoms with Crippen molar-refractivity contribution >= 4 is 11.3 Å². The topological polar surface area (TPSA) is 59.0 Å². The minimum absolute atomic E-state index is 0.0437. The molecule has 1 heterocycles.